The molecule has 0 aliphatic rings. The molecule has 3 aromatic rings. The van der Waals surface area contributed by atoms with Gasteiger partial charge in [0.2, 0.25) is 5.78 Å². The summed E-state index contributed by atoms with van der Waals surface area (Å²) in [7, 11) is 0. The van der Waals surface area contributed by atoms with Crippen LogP contribution in [0.5, 0.6) is 5.75 Å². The van der Waals surface area contributed by atoms with E-state index in [1.165, 1.54) is 17.5 Å². The zero-order valence-corrected chi connectivity index (χ0v) is 14.9. The Kier molecular flexibility index (Phi) is 5.31. The van der Waals surface area contributed by atoms with Gasteiger partial charge >= 0.3 is 5.97 Å². The Hall–Kier alpha value is -2.44. The van der Waals surface area contributed by atoms with Crippen molar-refractivity contribution in [2.45, 2.75) is 6.92 Å². The highest BCUT2D eigenvalue weighted by molar-refractivity contribution is 7.12. The van der Waals surface area contributed by atoms with Gasteiger partial charge in [-0.3, -0.25) is 9.78 Å². The summed E-state index contributed by atoms with van der Waals surface area (Å²) in [4.78, 5) is 29.2. The highest BCUT2D eigenvalue weighted by atomic mass is 35.5. The van der Waals surface area contributed by atoms with E-state index in [1.807, 2.05) is 5.38 Å². The van der Waals surface area contributed by atoms with E-state index in [0.717, 1.165) is 0 Å². The van der Waals surface area contributed by atoms with Crippen LogP contribution < -0.4 is 4.74 Å². The fourth-order valence-corrected chi connectivity index (χ4v) is 3.11. The number of halogens is 1. The van der Waals surface area contributed by atoms with Gasteiger partial charge in [0, 0.05) is 16.6 Å². The summed E-state index contributed by atoms with van der Waals surface area (Å²) in [5.41, 5.74) is 0.745. The van der Waals surface area contributed by atoms with Gasteiger partial charge in [0.25, 0.3) is 0 Å². The number of hydrogen-bond donors (Lipinski definition) is 0. The third-order valence-electron chi connectivity index (χ3n) is 3.42. The van der Waals surface area contributed by atoms with Crippen LogP contribution in [0.15, 0.2) is 41.9 Å². The summed E-state index contributed by atoms with van der Waals surface area (Å²) in [6, 6.07) is 8.57. The first-order valence-corrected chi connectivity index (χ1v) is 8.80. The number of hydrogen-bond acceptors (Lipinski definition) is 6. The van der Waals surface area contributed by atoms with Gasteiger partial charge in [0.1, 0.15) is 11.3 Å². The number of Topliss-reactive ketones (excluding diaryl/α,β-unsaturated/α-hetero) is 1. The van der Waals surface area contributed by atoms with Gasteiger partial charge in [-0.15, -0.1) is 11.3 Å². The van der Waals surface area contributed by atoms with Crippen LogP contribution in [0.2, 0.25) is 5.02 Å². The van der Waals surface area contributed by atoms with Crippen LogP contribution in [0, 0.1) is 0 Å². The second-order valence-corrected chi connectivity index (χ2v) is 6.46. The van der Waals surface area contributed by atoms with Crippen molar-refractivity contribution in [2.24, 2.45) is 0 Å². The van der Waals surface area contributed by atoms with Crippen LogP contribution >= 0.6 is 22.9 Å². The molecular weight excluding hydrogens is 362 g/mol. The lowest BCUT2D eigenvalue weighted by atomic mass is 10.1. The standard InChI is InChI=1S/C18H14ClNO4S/c1-2-23-18(22)13-9-20-14-8-11(19)5-6-12(14)17(13)24-10-15(21)16-4-3-7-25-16/h3-9H,2,10H2,1H3. The van der Waals surface area contributed by atoms with Gasteiger partial charge in [-0.05, 0) is 36.6 Å². The van der Waals surface area contributed by atoms with Crippen molar-refractivity contribution >= 4 is 45.6 Å². The predicted molar refractivity (Wildman–Crippen MR) is 96.9 cm³/mol. The topological polar surface area (TPSA) is 65.5 Å². The molecule has 0 saturated heterocycles. The molecule has 5 nitrogen and oxygen atoms in total. The van der Waals surface area contributed by atoms with Crippen molar-refractivity contribution in [3.63, 3.8) is 0 Å². The Bertz CT molecular complexity index is 924. The lowest BCUT2D eigenvalue weighted by molar-refractivity contribution is 0.0520. The average molecular weight is 376 g/mol. The Morgan fingerprint density at radius 2 is 2.12 bits per heavy atom. The lowest BCUT2D eigenvalue weighted by Crippen LogP contribution is -2.14. The number of rotatable bonds is 6. The Labute approximate surface area is 153 Å². The van der Waals surface area contributed by atoms with Gasteiger partial charge in [-0.2, -0.15) is 0 Å². The van der Waals surface area contributed by atoms with Crippen molar-refractivity contribution in [3.05, 3.63) is 57.4 Å². The number of benzene rings is 1. The van der Waals surface area contributed by atoms with E-state index in [0.29, 0.717) is 20.8 Å². The Morgan fingerprint density at radius 1 is 1.28 bits per heavy atom. The van der Waals surface area contributed by atoms with Crippen molar-refractivity contribution in [2.75, 3.05) is 13.2 Å². The summed E-state index contributed by atoms with van der Waals surface area (Å²) in [5.74, 6) is -0.445. The number of esters is 1. The first kappa shape index (κ1) is 17.4. The number of ketones is 1. The average Bonchev–Trinajstić information content (AvgIpc) is 3.13. The van der Waals surface area contributed by atoms with Crippen LogP contribution in [0.25, 0.3) is 10.9 Å². The molecule has 1 aromatic carbocycles. The largest absolute Gasteiger partial charge is 0.484 e. The van der Waals surface area contributed by atoms with E-state index in [-0.39, 0.29) is 30.3 Å². The van der Waals surface area contributed by atoms with Crippen LogP contribution in [0.4, 0.5) is 0 Å². The first-order valence-electron chi connectivity index (χ1n) is 7.55. The minimum absolute atomic E-state index is 0.163. The number of ether oxygens (including phenoxy) is 2. The number of fused-ring (bicyclic) bond motifs is 1. The van der Waals surface area contributed by atoms with E-state index in [9.17, 15) is 9.59 Å². The van der Waals surface area contributed by atoms with E-state index < -0.39 is 5.97 Å². The second-order valence-electron chi connectivity index (χ2n) is 5.07. The smallest absolute Gasteiger partial charge is 0.343 e. The molecule has 128 valence electrons. The maximum absolute atomic E-state index is 12.2. The van der Waals surface area contributed by atoms with Crippen LogP contribution in [0.3, 0.4) is 0 Å². The maximum Gasteiger partial charge on any atom is 0.343 e. The molecule has 0 N–H and O–H groups in total. The van der Waals surface area contributed by atoms with Crippen molar-refractivity contribution < 1.29 is 19.1 Å². The first-order chi connectivity index (χ1) is 12.1. The van der Waals surface area contributed by atoms with Gasteiger partial charge in [-0.1, -0.05) is 17.7 Å². The molecule has 0 bridgehead atoms. The molecule has 0 radical (unpaired) electrons. The van der Waals surface area contributed by atoms with Crippen molar-refractivity contribution in [1.29, 1.82) is 0 Å². The fraction of sp³-hybridized carbons (Fsp3) is 0.167. The van der Waals surface area contributed by atoms with Gasteiger partial charge < -0.3 is 9.47 Å². The van der Waals surface area contributed by atoms with Gasteiger partial charge in [-0.25, -0.2) is 4.79 Å². The maximum atomic E-state index is 12.2. The number of nitrogens with zero attached hydrogens (tertiary/aromatic N) is 1. The summed E-state index contributed by atoms with van der Waals surface area (Å²) < 4.78 is 10.8. The summed E-state index contributed by atoms with van der Waals surface area (Å²) in [6.45, 7) is 1.76. The van der Waals surface area contributed by atoms with E-state index >= 15 is 0 Å². The van der Waals surface area contributed by atoms with Crippen molar-refractivity contribution in [1.82, 2.24) is 4.98 Å². The summed E-state index contributed by atoms with van der Waals surface area (Å²) in [5, 5.41) is 2.93. The molecule has 3 rings (SSSR count). The molecule has 7 heteroatoms. The monoisotopic (exact) mass is 375 g/mol. The summed E-state index contributed by atoms with van der Waals surface area (Å²) >= 11 is 7.33. The second kappa shape index (κ2) is 7.63. The van der Waals surface area contributed by atoms with E-state index in [4.69, 9.17) is 21.1 Å². The SMILES string of the molecule is CCOC(=O)c1cnc2cc(Cl)ccc2c1OCC(=O)c1cccs1. The minimum Gasteiger partial charge on any atom is -0.484 e. The molecule has 0 unspecified atom stereocenters. The Morgan fingerprint density at radius 3 is 2.84 bits per heavy atom. The van der Waals surface area contributed by atoms with Gasteiger partial charge in [0.05, 0.1) is 17.0 Å². The lowest BCUT2D eigenvalue weighted by Gasteiger charge is -2.13. The van der Waals surface area contributed by atoms with E-state index in [2.05, 4.69) is 4.98 Å². The zero-order valence-electron chi connectivity index (χ0n) is 13.3. The molecule has 0 spiro atoms. The number of thiophene rings is 1. The molecular formula is C18H14ClNO4S. The molecule has 2 heterocycles. The minimum atomic E-state index is -0.551. The molecule has 25 heavy (non-hydrogen) atoms. The third kappa shape index (κ3) is 3.81. The quantitative estimate of drug-likeness (QED) is 0.472. The van der Waals surface area contributed by atoms with E-state index in [1.54, 1.807) is 37.3 Å². The Balaban J connectivity index is 1.98. The zero-order chi connectivity index (χ0) is 17.8. The van der Waals surface area contributed by atoms with Crippen LogP contribution in [-0.4, -0.2) is 30.0 Å². The normalized spacial score (nSPS) is 10.6. The fourth-order valence-electron chi connectivity index (χ4n) is 2.30. The predicted octanol–water partition coefficient (Wildman–Crippen LogP) is 4.39. The van der Waals surface area contributed by atoms with Crippen LogP contribution in [0.1, 0.15) is 27.0 Å². The number of pyridine rings is 1. The third-order valence-corrected chi connectivity index (χ3v) is 4.57. The highest BCUT2D eigenvalue weighted by Crippen LogP contribution is 2.31. The molecule has 0 aliphatic heterocycles. The number of carbonyl (C=O) groups excluding carboxylic acids is 2. The molecule has 0 fully saturated rings. The number of carbonyl (C=O) groups is 2. The molecule has 2 aromatic heterocycles. The molecule has 0 atom stereocenters. The molecule has 0 saturated carbocycles. The molecule has 0 amide bonds. The summed E-state index contributed by atoms with van der Waals surface area (Å²) in [6.07, 6.45) is 1.38. The number of aromatic nitrogens is 1. The van der Waals surface area contributed by atoms with Crippen LogP contribution in [-0.2, 0) is 4.74 Å². The highest BCUT2D eigenvalue weighted by Gasteiger charge is 2.19. The molecule has 0 aliphatic carbocycles. The van der Waals surface area contributed by atoms with Gasteiger partial charge in [0.15, 0.2) is 6.61 Å². The van der Waals surface area contributed by atoms with Crippen molar-refractivity contribution in [3.8, 4) is 5.75 Å².